The third-order valence-corrected chi connectivity index (χ3v) is 6.29. The Balaban J connectivity index is 1.73. The van der Waals surface area contributed by atoms with Crippen molar-refractivity contribution in [2.45, 2.75) is 58.5 Å². The number of ether oxygens (including phenoxy) is 2. The van der Waals surface area contributed by atoms with Crippen LogP contribution in [-0.4, -0.2) is 36.8 Å². The average molecular weight is 431 g/mol. The van der Waals surface area contributed by atoms with Crippen LogP contribution in [0.2, 0.25) is 0 Å². The van der Waals surface area contributed by atoms with Gasteiger partial charge in [0.2, 0.25) is 0 Å². The molecule has 1 aromatic carbocycles. The van der Waals surface area contributed by atoms with Crippen LogP contribution in [0.15, 0.2) is 34.5 Å². The first-order chi connectivity index (χ1) is 14.7. The van der Waals surface area contributed by atoms with Crippen molar-refractivity contribution in [3.05, 3.63) is 46.7 Å². The fraction of sp³-hybridized carbons (Fsp3) is 0.542. The molecule has 1 aromatic rings. The third kappa shape index (κ3) is 4.33. The average Bonchev–Trinajstić information content (AvgIpc) is 3.20. The summed E-state index contributed by atoms with van der Waals surface area (Å²) in [6.45, 7) is 6.48. The molecule has 7 heteroatoms. The molecule has 0 saturated carbocycles. The topological polar surface area (TPSA) is 65.0 Å². The van der Waals surface area contributed by atoms with Crippen LogP contribution in [0.3, 0.4) is 0 Å². The van der Waals surface area contributed by atoms with Crippen LogP contribution in [0.25, 0.3) is 0 Å². The maximum atomic E-state index is 14.1. The van der Waals surface area contributed by atoms with Crippen LogP contribution in [0.4, 0.5) is 8.78 Å². The normalized spacial score (nSPS) is 27.7. The Morgan fingerprint density at radius 1 is 1.26 bits per heavy atom. The lowest BCUT2D eigenvalue weighted by molar-refractivity contribution is -0.149. The zero-order valence-electron chi connectivity index (χ0n) is 18.0. The van der Waals surface area contributed by atoms with Gasteiger partial charge in [0.15, 0.2) is 17.4 Å². The Morgan fingerprint density at radius 2 is 2.03 bits per heavy atom. The van der Waals surface area contributed by atoms with Crippen LogP contribution in [0, 0.1) is 23.0 Å². The lowest BCUT2D eigenvalue weighted by Crippen LogP contribution is -2.40. The van der Waals surface area contributed by atoms with Gasteiger partial charge in [0.1, 0.15) is 12.5 Å². The molecule has 3 atom stereocenters. The molecule has 0 N–H and O–H groups in total. The Hall–Kier alpha value is -2.41. The van der Waals surface area contributed by atoms with E-state index in [-0.39, 0.29) is 23.9 Å². The van der Waals surface area contributed by atoms with E-state index in [2.05, 4.69) is 4.99 Å². The number of rotatable bonds is 4. The number of esters is 1. The summed E-state index contributed by atoms with van der Waals surface area (Å²) in [5.41, 5.74) is 1.65. The van der Waals surface area contributed by atoms with E-state index in [9.17, 15) is 18.4 Å². The van der Waals surface area contributed by atoms with Crippen LogP contribution >= 0.6 is 0 Å². The van der Waals surface area contributed by atoms with E-state index in [0.29, 0.717) is 42.0 Å². The SMILES string of the molecule is CC1=NC2=C(C(=O)CC(C)(C)C2)[C@H](c2ccc(F)c(F)c2)C1C(=O)OC[C@@H]1CCCO1. The smallest absolute Gasteiger partial charge is 0.315 e. The van der Waals surface area contributed by atoms with Crippen molar-refractivity contribution >= 4 is 17.5 Å². The summed E-state index contributed by atoms with van der Waals surface area (Å²) in [4.78, 5) is 30.9. The van der Waals surface area contributed by atoms with E-state index in [1.54, 1.807) is 6.92 Å². The predicted octanol–water partition coefficient (Wildman–Crippen LogP) is 4.50. The summed E-state index contributed by atoms with van der Waals surface area (Å²) in [7, 11) is 0. The van der Waals surface area contributed by atoms with E-state index in [0.717, 1.165) is 25.0 Å². The number of aliphatic imine (C=N–C) groups is 1. The molecule has 3 aliphatic rings. The molecule has 0 bridgehead atoms. The monoisotopic (exact) mass is 431 g/mol. The summed E-state index contributed by atoms with van der Waals surface area (Å²) < 4.78 is 38.8. The number of benzene rings is 1. The van der Waals surface area contributed by atoms with Crippen LogP contribution in [0.5, 0.6) is 0 Å². The third-order valence-electron chi connectivity index (χ3n) is 6.29. The summed E-state index contributed by atoms with van der Waals surface area (Å²) in [5.74, 6) is -4.29. The lowest BCUT2D eigenvalue weighted by Gasteiger charge is -2.39. The highest BCUT2D eigenvalue weighted by molar-refractivity contribution is 6.09. The quantitative estimate of drug-likeness (QED) is 0.659. The van der Waals surface area contributed by atoms with Crippen molar-refractivity contribution < 1.29 is 27.8 Å². The van der Waals surface area contributed by atoms with E-state index in [1.165, 1.54) is 6.07 Å². The molecule has 2 heterocycles. The van der Waals surface area contributed by atoms with Gasteiger partial charge in [-0.1, -0.05) is 19.9 Å². The molecule has 31 heavy (non-hydrogen) atoms. The number of hydrogen-bond donors (Lipinski definition) is 0. The van der Waals surface area contributed by atoms with Crippen LogP contribution in [0.1, 0.15) is 57.9 Å². The highest BCUT2D eigenvalue weighted by Crippen LogP contribution is 2.48. The Bertz CT molecular complexity index is 976. The summed E-state index contributed by atoms with van der Waals surface area (Å²) in [6.07, 6.45) is 2.48. The zero-order valence-corrected chi connectivity index (χ0v) is 18.0. The Labute approximate surface area is 180 Å². The minimum atomic E-state index is -1.02. The molecule has 0 spiro atoms. The minimum absolute atomic E-state index is 0.117. The van der Waals surface area contributed by atoms with E-state index in [4.69, 9.17) is 9.47 Å². The number of carbonyl (C=O) groups is 2. The lowest BCUT2D eigenvalue weighted by atomic mass is 9.67. The van der Waals surface area contributed by atoms with Crippen molar-refractivity contribution in [3.63, 3.8) is 0 Å². The second-order valence-corrected chi connectivity index (χ2v) is 9.45. The number of nitrogens with zero attached hydrogens (tertiary/aromatic N) is 1. The molecular formula is C24H27F2NO4. The highest BCUT2D eigenvalue weighted by atomic mass is 19.2. The number of halogens is 2. The van der Waals surface area contributed by atoms with E-state index in [1.807, 2.05) is 13.8 Å². The predicted molar refractivity (Wildman–Crippen MR) is 111 cm³/mol. The van der Waals surface area contributed by atoms with Gasteiger partial charge in [0.25, 0.3) is 0 Å². The minimum Gasteiger partial charge on any atom is -0.462 e. The van der Waals surface area contributed by atoms with Crippen LogP contribution < -0.4 is 0 Å². The first-order valence-electron chi connectivity index (χ1n) is 10.7. The molecule has 5 nitrogen and oxygen atoms in total. The van der Waals surface area contributed by atoms with Gasteiger partial charge in [0.05, 0.1) is 6.10 Å². The van der Waals surface area contributed by atoms with Crippen molar-refractivity contribution in [1.82, 2.24) is 0 Å². The molecule has 0 radical (unpaired) electrons. The van der Waals surface area contributed by atoms with E-state index < -0.39 is 29.4 Å². The fourth-order valence-electron chi connectivity index (χ4n) is 4.86. The fourth-order valence-corrected chi connectivity index (χ4v) is 4.86. The molecule has 1 fully saturated rings. The molecule has 2 aliphatic heterocycles. The molecule has 0 amide bonds. The molecule has 1 aliphatic carbocycles. The van der Waals surface area contributed by atoms with Crippen molar-refractivity contribution in [1.29, 1.82) is 0 Å². The molecule has 1 unspecified atom stereocenters. The first-order valence-corrected chi connectivity index (χ1v) is 10.7. The van der Waals surface area contributed by atoms with Gasteiger partial charge >= 0.3 is 5.97 Å². The maximum absolute atomic E-state index is 14.1. The zero-order chi connectivity index (χ0) is 22.3. The Kier molecular flexibility index (Phi) is 5.81. The highest BCUT2D eigenvalue weighted by Gasteiger charge is 2.46. The van der Waals surface area contributed by atoms with Gasteiger partial charge in [-0.3, -0.25) is 14.6 Å². The van der Waals surface area contributed by atoms with Gasteiger partial charge in [0, 0.05) is 35.9 Å². The Morgan fingerprint density at radius 3 is 2.71 bits per heavy atom. The summed E-state index contributed by atoms with van der Waals surface area (Å²) in [6, 6.07) is 3.52. The second kappa shape index (κ2) is 8.26. The number of Topliss-reactive ketones (excluding diaryl/α,β-unsaturated/α-hetero) is 1. The number of carbonyl (C=O) groups excluding carboxylic acids is 2. The van der Waals surface area contributed by atoms with Crippen molar-refractivity contribution in [2.24, 2.45) is 16.3 Å². The largest absolute Gasteiger partial charge is 0.462 e. The van der Waals surface area contributed by atoms with Gasteiger partial charge in [-0.05, 0) is 49.3 Å². The standard InChI is InChI=1S/C24H27F2NO4/c1-13-20(23(29)31-12-15-5-4-8-30-15)21(14-6-7-16(25)17(26)9-14)22-18(27-13)10-24(2,3)11-19(22)28/h6-7,9,15,20-21H,4-5,8,10-12H2,1-3H3/t15-,20?,21+/m0/s1. The summed E-state index contributed by atoms with van der Waals surface area (Å²) >= 11 is 0. The maximum Gasteiger partial charge on any atom is 0.315 e. The number of ketones is 1. The molecule has 0 aromatic heterocycles. The van der Waals surface area contributed by atoms with Crippen molar-refractivity contribution in [2.75, 3.05) is 13.2 Å². The van der Waals surface area contributed by atoms with Gasteiger partial charge in [-0.25, -0.2) is 8.78 Å². The first kappa shape index (κ1) is 21.8. The molecular weight excluding hydrogens is 404 g/mol. The van der Waals surface area contributed by atoms with Gasteiger partial charge in [-0.15, -0.1) is 0 Å². The van der Waals surface area contributed by atoms with Gasteiger partial charge in [-0.2, -0.15) is 0 Å². The summed E-state index contributed by atoms with van der Waals surface area (Å²) in [5, 5.41) is 0. The molecule has 1 saturated heterocycles. The second-order valence-electron chi connectivity index (χ2n) is 9.45. The van der Waals surface area contributed by atoms with Gasteiger partial charge < -0.3 is 9.47 Å². The van der Waals surface area contributed by atoms with E-state index >= 15 is 0 Å². The molecule has 4 rings (SSSR count). The van der Waals surface area contributed by atoms with Crippen molar-refractivity contribution in [3.8, 4) is 0 Å². The number of allylic oxidation sites excluding steroid dienone is 2. The number of hydrogen-bond acceptors (Lipinski definition) is 5. The molecule has 166 valence electrons. The van der Waals surface area contributed by atoms with Crippen LogP contribution in [-0.2, 0) is 19.1 Å².